The molecular formula is C28H31N3O2. The van der Waals surface area contributed by atoms with E-state index in [1.807, 2.05) is 44.2 Å². The van der Waals surface area contributed by atoms with Gasteiger partial charge in [0.1, 0.15) is 11.3 Å². The molecule has 0 aliphatic carbocycles. The molecule has 2 atom stereocenters. The molecule has 0 spiro atoms. The standard InChI is InChI=1S/C28H31N3O2/c1-5-23(28(32)33)25(21-10-8-7-9-11-21)22-14-12-20(13-15-22)17-31-24(6-2)30-26-18(3)16-19(4)29-27(26)31/h7-16,23,25H,5-6,17H2,1-4H3,(H,32,33)/t23-,25-/m1/s1. The lowest BCUT2D eigenvalue weighted by Gasteiger charge is -2.24. The van der Waals surface area contributed by atoms with Crippen LogP contribution in [0, 0.1) is 19.8 Å². The summed E-state index contributed by atoms with van der Waals surface area (Å²) in [5.74, 6) is -0.397. The fraction of sp³-hybridized carbons (Fsp3) is 0.321. The number of imidazole rings is 1. The molecule has 4 rings (SSSR count). The second-order valence-corrected chi connectivity index (χ2v) is 8.70. The van der Waals surface area contributed by atoms with Crippen molar-refractivity contribution < 1.29 is 9.90 Å². The number of aliphatic carboxylic acids is 1. The van der Waals surface area contributed by atoms with E-state index >= 15 is 0 Å². The largest absolute Gasteiger partial charge is 0.481 e. The smallest absolute Gasteiger partial charge is 0.307 e. The minimum Gasteiger partial charge on any atom is -0.481 e. The number of fused-ring (bicyclic) bond motifs is 1. The van der Waals surface area contributed by atoms with Crippen molar-refractivity contribution in [1.29, 1.82) is 0 Å². The number of benzene rings is 2. The predicted octanol–water partition coefficient (Wildman–Crippen LogP) is 5.90. The van der Waals surface area contributed by atoms with Crippen molar-refractivity contribution in [2.45, 2.75) is 53.0 Å². The Labute approximate surface area is 195 Å². The first kappa shape index (κ1) is 22.7. The third-order valence-electron chi connectivity index (χ3n) is 6.41. The van der Waals surface area contributed by atoms with E-state index in [1.165, 1.54) is 0 Å². The van der Waals surface area contributed by atoms with Crippen molar-refractivity contribution >= 4 is 17.1 Å². The van der Waals surface area contributed by atoms with Crippen molar-refractivity contribution in [3.63, 3.8) is 0 Å². The topological polar surface area (TPSA) is 68.0 Å². The maximum Gasteiger partial charge on any atom is 0.307 e. The van der Waals surface area contributed by atoms with Crippen LogP contribution in [0.1, 0.15) is 60.0 Å². The van der Waals surface area contributed by atoms with Crippen LogP contribution in [0.3, 0.4) is 0 Å². The molecule has 170 valence electrons. The first-order valence-corrected chi connectivity index (χ1v) is 11.6. The molecule has 2 aromatic heterocycles. The number of nitrogens with zero attached hydrogens (tertiary/aromatic N) is 3. The van der Waals surface area contributed by atoms with E-state index in [2.05, 4.69) is 48.7 Å². The SMILES string of the molecule is CCc1nc2c(C)cc(C)nc2n1Cc1ccc([C@@H](c2ccccc2)[C@@H](CC)C(=O)O)cc1. The average Bonchev–Trinajstić information content (AvgIpc) is 3.16. The third kappa shape index (κ3) is 4.54. The molecule has 2 aromatic carbocycles. The zero-order valence-electron chi connectivity index (χ0n) is 19.7. The second-order valence-electron chi connectivity index (χ2n) is 8.70. The first-order valence-electron chi connectivity index (χ1n) is 11.6. The summed E-state index contributed by atoms with van der Waals surface area (Å²) in [5, 5.41) is 9.88. The van der Waals surface area contributed by atoms with E-state index in [9.17, 15) is 9.90 Å². The molecule has 4 aromatic rings. The van der Waals surface area contributed by atoms with Crippen LogP contribution in [0.5, 0.6) is 0 Å². The number of carbonyl (C=O) groups is 1. The van der Waals surface area contributed by atoms with Crippen LogP contribution in [0.2, 0.25) is 0 Å². The molecule has 0 amide bonds. The van der Waals surface area contributed by atoms with Gasteiger partial charge in [0.05, 0.1) is 12.5 Å². The summed E-state index contributed by atoms with van der Waals surface area (Å²) < 4.78 is 2.20. The Balaban J connectivity index is 1.70. The molecule has 5 nitrogen and oxygen atoms in total. The van der Waals surface area contributed by atoms with Gasteiger partial charge in [0.15, 0.2) is 5.65 Å². The van der Waals surface area contributed by atoms with Gasteiger partial charge in [-0.1, -0.05) is 68.4 Å². The van der Waals surface area contributed by atoms with Crippen LogP contribution in [-0.4, -0.2) is 25.6 Å². The van der Waals surface area contributed by atoms with Gasteiger partial charge in [-0.05, 0) is 48.6 Å². The highest BCUT2D eigenvalue weighted by Crippen LogP contribution is 2.34. The summed E-state index contributed by atoms with van der Waals surface area (Å²) in [4.78, 5) is 21.6. The van der Waals surface area contributed by atoms with Gasteiger partial charge >= 0.3 is 5.97 Å². The Morgan fingerprint density at radius 2 is 1.64 bits per heavy atom. The predicted molar refractivity (Wildman–Crippen MR) is 132 cm³/mol. The van der Waals surface area contributed by atoms with E-state index in [4.69, 9.17) is 9.97 Å². The second kappa shape index (κ2) is 9.57. The zero-order chi connectivity index (χ0) is 23.5. The number of carboxylic acids is 1. The molecule has 2 heterocycles. The van der Waals surface area contributed by atoms with Crippen molar-refractivity contribution in [2.24, 2.45) is 5.92 Å². The van der Waals surface area contributed by atoms with Crippen molar-refractivity contribution in [2.75, 3.05) is 0 Å². The molecule has 0 saturated carbocycles. The van der Waals surface area contributed by atoms with Gasteiger partial charge in [-0.3, -0.25) is 4.79 Å². The average molecular weight is 442 g/mol. The van der Waals surface area contributed by atoms with Gasteiger partial charge in [-0.2, -0.15) is 0 Å². The molecule has 33 heavy (non-hydrogen) atoms. The molecule has 0 aliphatic rings. The highest BCUT2D eigenvalue weighted by Gasteiger charge is 2.29. The van der Waals surface area contributed by atoms with E-state index in [0.717, 1.165) is 51.4 Å². The van der Waals surface area contributed by atoms with Crippen LogP contribution in [0.15, 0.2) is 60.7 Å². The fourth-order valence-corrected chi connectivity index (χ4v) is 4.77. The minimum absolute atomic E-state index is 0.185. The molecule has 0 fully saturated rings. The summed E-state index contributed by atoms with van der Waals surface area (Å²) in [7, 11) is 0. The van der Waals surface area contributed by atoms with Crippen LogP contribution in [-0.2, 0) is 17.8 Å². The molecular weight excluding hydrogens is 410 g/mol. The minimum atomic E-state index is -0.760. The van der Waals surface area contributed by atoms with Gasteiger partial charge in [-0.15, -0.1) is 0 Å². The number of aromatic nitrogens is 3. The molecule has 5 heteroatoms. The third-order valence-corrected chi connectivity index (χ3v) is 6.41. The Kier molecular flexibility index (Phi) is 6.59. The lowest BCUT2D eigenvalue weighted by atomic mass is 9.79. The number of pyridine rings is 1. The molecule has 0 radical (unpaired) electrons. The lowest BCUT2D eigenvalue weighted by molar-refractivity contribution is -0.142. The van der Waals surface area contributed by atoms with Crippen LogP contribution < -0.4 is 0 Å². The van der Waals surface area contributed by atoms with Gasteiger partial charge < -0.3 is 9.67 Å². The van der Waals surface area contributed by atoms with Crippen LogP contribution >= 0.6 is 0 Å². The van der Waals surface area contributed by atoms with E-state index in [-0.39, 0.29) is 5.92 Å². The summed E-state index contributed by atoms with van der Waals surface area (Å²) in [5.41, 5.74) is 7.22. The summed E-state index contributed by atoms with van der Waals surface area (Å²) in [6, 6.07) is 20.4. The molecule has 0 bridgehead atoms. The molecule has 0 aliphatic heterocycles. The van der Waals surface area contributed by atoms with Crippen LogP contribution in [0.4, 0.5) is 0 Å². The highest BCUT2D eigenvalue weighted by atomic mass is 16.4. The van der Waals surface area contributed by atoms with E-state index in [0.29, 0.717) is 13.0 Å². The highest BCUT2D eigenvalue weighted by molar-refractivity contribution is 5.76. The normalized spacial score (nSPS) is 13.2. The van der Waals surface area contributed by atoms with E-state index < -0.39 is 11.9 Å². The monoisotopic (exact) mass is 441 g/mol. The van der Waals surface area contributed by atoms with E-state index in [1.54, 1.807) is 0 Å². The van der Waals surface area contributed by atoms with Crippen molar-refractivity contribution in [3.05, 3.63) is 94.4 Å². The van der Waals surface area contributed by atoms with Crippen molar-refractivity contribution in [1.82, 2.24) is 14.5 Å². The first-order chi connectivity index (χ1) is 15.9. The number of aryl methyl sites for hydroxylation is 3. The van der Waals surface area contributed by atoms with Crippen molar-refractivity contribution in [3.8, 4) is 0 Å². The number of hydrogen-bond donors (Lipinski definition) is 1. The number of hydrogen-bond acceptors (Lipinski definition) is 3. The Bertz CT molecular complexity index is 1260. The lowest BCUT2D eigenvalue weighted by Crippen LogP contribution is -2.22. The summed E-state index contributed by atoms with van der Waals surface area (Å²) in [6.07, 6.45) is 1.40. The Morgan fingerprint density at radius 1 is 0.970 bits per heavy atom. The van der Waals surface area contributed by atoms with Gasteiger partial charge in [0, 0.05) is 18.0 Å². The van der Waals surface area contributed by atoms with Crippen LogP contribution in [0.25, 0.3) is 11.2 Å². The van der Waals surface area contributed by atoms with Gasteiger partial charge in [0.2, 0.25) is 0 Å². The van der Waals surface area contributed by atoms with Gasteiger partial charge in [-0.25, -0.2) is 9.97 Å². The maximum absolute atomic E-state index is 12.0. The Hall–Kier alpha value is -3.47. The number of carboxylic acid groups (broad SMARTS) is 1. The summed E-state index contributed by atoms with van der Waals surface area (Å²) >= 11 is 0. The number of rotatable bonds is 8. The summed E-state index contributed by atoms with van der Waals surface area (Å²) in [6.45, 7) is 8.84. The maximum atomic E-state index is 12.0. The quantitative estimate of drug-likeness (QED) is 0.369. The fourth-order valence-electron chi connectivity index (χ4n) is 4.77. The zero-order valence-corrected chi connectivity index (χ0v) is 19.7. The van der Waals surface area contributed by atoms with Gasteiger partial charge in [0.25, 0.3) is 0 Å². The molecule has 1 N–H and O–H groups in total. The molecule has 0 saturated heterocycles. The molecule has 0 unspecified atom stereocenters. The Morgan fingerprint density at radius 3 is 2.24 bits per heavy atom.